The number of nitro benzene ring substituents is 1. The van der Waals surface area contributed by atoms with Crippen molar-refractivity contribution < 1.29 is 24.1 Å². The van der Waals surface area contributed by atoms with Gasteiger partial charge >= 0.3 is 5.69 Å². The number of hydrogen-bond donors (Lipinski definition) is 1. The molecule has 0 atom stereocenters. The Labute approximate surface area is 123 Å². The molecule has 2 aromatic rings. The fraction of sp³-hybridized carbons (Fsp3) is 0.154. The first-order valence-electron chi connectivity index (χ1n) is 5.87. The number of nitro groups is 1. The number of nitrogens with zero attached hydrogens (tertiary/aromatic N) is 3. The lowest BCUT2D eigenvalue weighted by atomic mass is 9.98. The van der Waals surface area contributed by atoms with Gasteiger partial charge in [-0.15, -0.1) is 0 Å². The van der Waals surface area contributed by atoms with Gasteiger partial charge in [-0.05, 0) is 6.92 Å². The molecule has 9 nitrogen and oxygen atoms in total. The summed E-state index contributed by atoms with van der Waals surface area (Å²) in [5, 5.41) is 33.7. The van der Waals surface area contributed by atoms with E-state index in [1.807, 2.05) is 0 Å². The minimum Gasteiger partial charge on any atom is -0.499 e. The Kier molecular flexibility index (Phi) is 3.77. The number of ketones is 1. The zero-order valence-electron chi connectivity index (χ0n) is 11.5. The first kappa shape index (κ1) is 15.0. The number of ether oxygens (including phenoxy) is 1. The summed E-state index contributed by atoms with van der Waals surface area (Å²) in [7, 11) is 1.17. The Bertz CT molecular complexity index is 818. The second-order valence-corrected chi connectivity index (χ2v) is 4.22. The van der Waals surface area contributed by atoms with Crippen molar-refractivity contribution >= 4 is 11.5 Å². The number of benzene rings is 1. The molecule has 1 aromatic carbocycles. The van der Waals surface area contributed by atoms with Gasteiger partial charge in [0.2, 0.25) is 11.5 Å². The average molecular weight is 303 g/mol. The molecule has 2 rings (SSSR count). The van der Waals surface area contributed by atoms with Crippen molar-refractivity contribution in [1.82, 2.24) is 5.16 Å². The fourth-order valence-corrected chi connectivity index (χ4v) is 1.89. The third kappa shape index (κ3) is 2.33. The summed E-state index contributed by atoms with van der Waals surface area (Å²) < 4.78 is 9.52. The van der Waals surface area contributed by atoms with E-state index in [4.69, 9.17) is 14.5 Å². The first-order chi connectivity index (χ1) is 10.4. The number of phenolic OH excluding ortho intramolecular Hbond substituents is 1. The highest BCUT2D eigenvalue weighted by Crippen LogP contribution is 2.41. The molecule has 112 valence electrons. The number of nitriles is 1. The molecule has 0 amide bonds. The lowest BCUT2D eigenvalue weighted by Crippen LogP contribution is -2.09. The van der Waals surface area contributed by atoms with E-state index in [0.29, 0.717) is 5.76 Å². The van der Waals surface area contributed by atoms with Crippen LogP contribution in [-0.2, 0) is 0 Å². The van der Waals surface area contributed by atoms with Gasteiger partial charge in [-0.3, -0.25) is 14.9 Å². The van der Waals surface area contributed by atoms with Crippen molar-refractivity contribution in [3.8, 4) is 17.6 Å². The largest absolute Gasteiger partial charge is 0.499 e. The zero-order valence-corrected chi connectivity index (χ0v) is 11.5. The van der Waals surface area contributed by atoms with Crippen LogP contribution in [0.1, 0.15) is 27.4 Å². The van der Waals surface area contributed by atoms with E-state index in [0.717, 1.165) is 6.07 Å². The van der Waals surface area contributed by atoms with Crippen LogP contribution in [-0.4, -0.2) is 28.1 Å². The van der Waals surface area contributed by atoms with E-state index in [-0.39, 0.29) is 17.0 Å². The van der Waals surface area contributed by atoms with E-state index >= 15 is 0 Å². The third-order valence-electron chi connectivity index (χ3n) is 2.85. The number of hydrogen-bond acceptors (Lipinski definition) is 8. The van der Waals surface area contributed by atoms with Gasteiger partial charge in [0.1, 0.15) is 17.4 Å². The molecule has 1 aromatic heterocycles. The Hall–Kier alpha value is -3.41. The SMILES string of the molecule is COc1cc(C#N)c(C(=O)c2cc(C)on2)c([N+](=O)[O-])c1O. The normalized spacial score (nSPS) is 10.0. The molecular weight excluding hydrogens is 294 g/mol. The van der Waals surface area contributed by atoms with Crippen molar-refractivity contribution in [1.29, 1.82) is 5.26 Å². The highest BCUT2D eigenvalue weighted by molar-refractivity contribution is 6.12. The van der Waals surface area contributed by atoms with Crippen LogP contribution >= 0.6 is 0 Å². The molecule has 0 fully saturated rings. The van der Waals surface area contributed by atoms with Crippen LogP contribution in [0.3, 0.4) is 0 Å². The lowest BCUT2D eigenvalue weighted by molar-refractivity contribution is -0.386. The van der Waals surface area contributed by atoms with Crippen molar-refractivity contribution in [2.24, 2.45) is 0 Å². The summed E-state index contributed by atoms with van der Waals surface area (Å²) in [5.41, 5.74) is -2.01. The maximum Gasteiger partial charge on any atom is 0.327 e. The van der Waals surface area contributed by atoms with Gasteiger partial charge in [0.15, 0.2) is 11.4 Å². The number of aryl methyl sites for hydroxylation is 1. The van der Waals surface area contributed by atoms with Crippen LogP contribution in [0.2, 0.25) is 0 Å². The molecule has 0 aliphatic carbocycles. The summed E-state index contributed by atoms with van der Waals surface area (Å²) in [6.07, 6.45) is 0. The number of aromatic hydroxyl groups is 1. The molecule has 22 heavy (non-hydrogen) atoms. The summed E-state index contributed by atoms with van der Waals surface area (Å²) in [5.74, 6) is -1.70. The molecule has 0 unspecified atom stereocenters. The Balaban J connectivity index is 2.79. The Morgan fingerprint density at radius 3 is 2.68 bits per heavy atom. The van der Waals surface area contributed by atoms with Gasteiger partial charge in [0.25, 0.3) is 0 Å². The van der Waals surface area contributed by atoms with Crippen molar-refractivity contribution in [2.45, 2.75) is 6.92 Å². The molecule has 0 spiro atoms. The number of phenols is 1. The fourth-order valence-electron chi connectivity index (χ4n) is 1.89. The molecule has 0 radical (unpaired) electrons. The minimum absolute atomic E-state index is 0.207. The Morgan fingerprint density at radius 2 is 2.23 bits per heavy atom. The number of rotatable bonds is 4. The van der Waals surface area contributed by atoms with Crippen LogP contribution < -0.4 is 4.74 Å². The van der Waals surface area contributed by atoms with Gasteiger partial charge in [-0.1, -0.05) is 5.16 Å². The number of aromatic nitrogens is 1. The predicted molar refractivity (Wildman–Crippen MR) is 70.7 cm³/mol. The third-order valence-corrected chi connectivity index (χ3v) is 2.85. The van der Waals surface area contributed by atoms with Gasteiger partial charge in [0.05, 0.1) is 17.6 Å². The molecule has 1 heterocycles. The van der Waals surface area contributed by atoms with Crippen LogP contribution in [0, 0.1) is 28.4 Å². The second kappa shape index (κ2) is 5.53. The van der Waals surface area contributed by atoms with Gasteiger partial charge < -0.3 is 14.4 Å². The summed E-state index contributed by atoms with van der Waals surface area (Å²) in [4.78, 5) is 22.6. The van der Waals surface area contributed by atoms with E-state index in [9.17, 15) is 20.0 Å². The van der Waals surface area contributed by atoms with Gasteiger partial charge in [-0.25, -0.2) is 0 Å². The first-order valence-corrected chi connectivity index (χ1v) is 5.87. The van der Waals surface area contributed by atoms with Gasteiger partial charge in [-0.2, -0.15) is 5.26 Å². The Morgan fingerprint density at radius 1 is 1.55 bits per heavy atom. The van der Waals surface area contributed by atoms with Crippen LogP contribution in [0.5, 0.6) is 11.5 Å². The van der Waals surface area contributed by atoms with E-state index in [2.05, 4.69) is 5.16 Å². The van der Waals surface area contributed by atoms with Crippen molar-refractivity contribution in [2.75, 3.05) is 7.11 Å². The van der Waals surface area contributed by atoms with Crippen LogP contribution in [0.25, 0.3) is 0 Å². The molecule has 0 aliphatic heterocycles. The topological polar surface area (TPSA) is 139 Å². The quantitative estimate of drug-likeness (QED) is 0.511. The molecule has 9 heteroatoms. The molecule has 0 aliphatic rings. The minimum atomic E-state index is -0.959. The molecular formula is C13H9N3O6. The molecule has 0 bridgehead atoms. The monoisotopic (exact) mass is 303 g/mol. The smallest absolute Gasteiger partial charge is 0.327 e. The van der Waals surface area contributed by atoms with Crippen molar-refractivity contribution in [3.63, 3.8) is 0 Å². The maximum atomic E-state index is 12.4. The van der Waals surface area contributed by atoms with Gasteiger partial charge in [0, 0.05) is 12.1 Å². The number of methoxy groups -OCH3 is 1. The lowest BCUT2D eigenvalue weighted by Gasteiger charge is -2.08. The molecule has 0 saturated carbocycles. The zero-order chi connectivity index (χ0) is 16.4. The standard InChI is InChI=1S/C13H9N3O6/c1-6-3-8(15-22-6)12(17)10-7(5-14)4-9(21-2)13(18)11(10)16(19)20/h3-4,18H,1-2H3. The van der Waals surface area contributed by atoms with E-state index in [1.165, 1.54) is 20.1 Å². The van der Waals surface area contributed by atoms with E-state index in [1.54, 1.807) is 6.07 Å². The van der Waals surface area contributed by atoms with Crippen LogP contribution in [0.15, 0.2) is 16.7 Å². The maximum absolute atomic E-state index is 12.4. The predicted octanol–water partition coefficient (Wildman–Crippen LogP) is 1.71. The molecule has 0 saturated heterocycles. The second-order valence-electron chi connectivity index (χ2n) is 4.22. The number of carbonyl (C=O) groups is 1. The van der Waals surface area contributed by atoms with E-state index < -0.39 is 27.7 Å². The highest BCUT2D eigenvalue weighted by atomic mass is 16.6. The highest BCUT2D eigenvalue weighted by Gasteiger charge is 2.33. The summed E-state index contributed by atoms with van der Waals surface area (Å²) in [6, 6.07) is 3.99. The summed E-state index contributed by atoms with van der Waals surface area (Å²) in [6.45, 7) is 1.54. The molecule has 1 N–H and O–H groups in total. The number of carbonyl (C=O) groups excluding carboxylic acids is 1. The van der Waals surface area contributed by atoms with Crippen molar-refractivity contribution in [3.05, 3.63) is 44.8 Å². The van der Waals surface area contributed by atoms with Crippen LogP contribution in [0.4, 0.5) is 5.69 Å². The summed E-state index contributed by atoms with van der Waals surface area (Å²) >= 11 is 0. The average Bonchev–Trinajstić information content (AvgIpc) is 2.92.